The van der Waals surface area contributed by atoms with Gasteiger partial charge in [-0.3, -0.25) is 0 Å². The highest BCUT2D eigenvalue weighted by Crippen LogP contribution is 2.33. The molecule has 0 radical (unpaired) electrons. The van der Waals surface area contributed by atoms with E-state index in [1.54, 1.807) is 0 Å². The highest BCUT2D eigenvalue weighted by Gasteiger charge is 2.38. The van der Waals surface area contributed by atoms with Gasteiger partial charge in [0.2, 0.25) is 0 Å². The molecular formula is C13H18O2. The van der Waals surface area contributed by atoms with E-state index < -0.39 is 0 Å². The summed E-state index contributed by atoms with van der Waals surface area (Å²) in [5.41, 5.74) is -0.262. The highest BCUT2D eigenvalue weighted by molar-refractivity contribution is 4.94. The van der Waals surface area contributed by atoms with Gasteiger partial charge in [-0.05, 0) is 19.8 Å². The maximum atomic E-state index is 5.70. The van der Waals surface area contributed by atoms with Gasteiger partial charge in [0.25, 0.3) is 0 Å². The molecule has 2 heteroatoms. The van der Waals surface area contributed by atoms with Gasteiger partial charge in [-0.15, -0.1) is 12.8 Å². The van der Waals surface area contributed by atoms with Crippen LogP contribution in [0.5, 0.6) is 0 Å². The molecule has 0 aromatic rings. The van der Waals surface area contributed by atoms with Crippen LogP contribution in [0.25, 0.3) is 0 Å². The SMILES string of the molecule is C#CCO[C@H]1CCCC[C@]1(C)OCC#C. The second kappa shape index (κ2) is 5.81. The molecule has 0 aromatic heterocycles. The predicted molar refractivity (Wildman–Crippen MR) is 60.2 cm³/mol. The van der Waals surface area contributed by atoms with Crippen molar-refractivity contribution in [2.45, 2.75) is 44.3 Å². The Kier molecular flexibility index (Phi) is 4.69. The summed E-state index contributed by atoms with van der Waals surface area (Å²) in [6.07, 6.45) is 14.8. The van der Waals surface area contributed by atoms with Gasteiger partial charge in [0.05, 0.1) is 11.7 Å². The third-order valence-electron chi connectivity index (χ3n) is 2.92. The van der Waals surface area contributed by atoms with E-state index in [4.69, 9.17) is 22.3 Å². The normalized spacial score (nSPS) is 30.5. The summed E-state index contributed by atoms with van der Waals surface area (Å²) in [5, 5.41) is 0. The van der Waals surface area contributed by atoms with Crippen molar-refractivity contribution >= 4 is 0 Å². The van der Waals surface area contributed by atoms with Crippen LogP contribution in [0.2, 0.25) is 0 Å². The molecule has 0 aromatic carbocycles. The second-order valence-electron chi connectivity index (χ2n) is 4.06. The third-order valence-corrected chi connectivity index (χ3v) is 2.92. The number of hydrogen-bond acceptors (Lipinski definition) is 2. The molecule has 0 heterocycles. The fourth-order valence-electron chi connectivity index (χ4n) is 2.05. The van der Waals surface area contributed by atoms with Gasteiger partial charge >= 0.3 is 0 Å². The highest BCUT2D eigenvalue weighted by atomic mass is 16.5. The molecule has 1 saturated carbocycles. The van der Waals surface area contributed by atoms with Crippen molar-refractivity contribution in [2.75, 3.05) is 13.2 Å². The standard InChI is InChI=1S/C13H18O2/c1-4-10-14-12-8-6-7-9-13(12,3)15-11-5-2/h1-2,12H,6-11H2,3H3/t12-,13-/m0/s1. The summed E-state index contributed by atoms with van der Waals surface area (Å²) in [6, 6.07) is 0. The first-order valence-electron chi connectivity index (χ1n) is 5.35. The Morgan fingerprint density at radius 2 is 2.00 bits per heavy atom. The van der Waals surface area contributed by atoms with Crippen LogP contribution in [0.3, 0.4) is 0 Å². The number of rotatable bonds is 4. The average Bonchev–Trinajstić information content (AvgIpc) is 2.25. The van der Waals surface area contributed by atoms with Crippen molar-refractivity contribution in [1.82, 2.24) is 0 Å². The Balaban J connectivity index is 2.56. The smallest absolute Gasteiger partial charge is 0.108 e. The van der Waals surface area contributed by atoms with E-state index in [1.807, 2.05) is 0 Å². The molecule has 0 spiro atoms. The minimum absolute atomic E-state index is 0.0793. The Bertz CT molecular complexity index is 271. The van der Waals surface area contributed by atoms with Crippen molar-refractivity contribution in [3.8, 4) is 24.7 Å². The van der Waals surface area contributed by atoms with E-state index in [0.717, 1.165) is 19.3 Å². The fraction of sp³-hybridized carbons (Fsp3) is 0.692. The van der Waals surface area contributed by atoms with Crippen molar-refractivity contribution < 1.29 is 9.47 Å². The van der Waals surface area contributed by atoms with Gasteiger partial charge in [-0.2, -0.15) is 0 Å². The third kappa shape index (κ3) is 3.27. The molecule has 1 rings (SSSR count). The molecule has 82 valence electrons. The maximum Gasteiger partial charge on any atom is 0.108 e. The lowest BCUT2D eigenvalue weighted by atomic mass is 9.83. The van der Waals surface area contributed by atoms with E-state index in [1.165, 1.54) is 6.42 Å². The summed E-state index contributed by atoms with van der Waals surface area (Å²) in [5.74, 6) is 4.99. The van der Waals surface area contributed by atoms with Crippen molar-refractivity contribution in [2.24, 2.45) is 0 Å². The minimum Gasteiger partial charge on any atom is -0.363 e. The van der Waals surface area contributed by atoms with Gasteiger partial charge in [0.15, 0.2) is 0 Å². The van der Waals surface area contributed by atoms with E-state index in [2.05, 4.69) is 18.8 Å². The van der Waals surface area contributed by atoms with Crippen LogP contribution < -0.4 is 0 Å². The fourth-order valence-corrected chi connectivity index (χ4v) is 2.05. The Hall–Kier alpha value is -0.960. The summed E-state index contributed by atoms with van der Waals surface area (Å²) in [7, 11) is 0. The summed E-state index contributed by atoms with van der Waals surface area (Å²) >= 11 is 0. The van der Waals surface area contributed by atoms with Crippen LogP contribution in [0.1, 0.15) is 32.6 Å². The van der Waals surface area contributed by atoms with Crippen LogP contribution >= 0.6 is 0 Å². The number of hydrogen-bond donors (Lipinski definition) is 0. The molecule has 0 amide bonds. The molecule has 15 heavy (non-hydrogen) atoms. The van der Waals surface area contributed by atoms with E-state index in [-0.39, 0.29) is 11.7 Å². The van der Waals surface area contributed by atoms with Crippen LogP contribution in [0, 0.1) is 24.7 Å². The lowest BCUT2D eigenvalue weighted by molar-refractivity contribution is -0.142. The molecule has 1 aliphatic rings. The Labute approximate surface area is 92.3 Å². The molecule has 0 unspecified atom stereocenters. The van der Waals surface area contributed by atoms with Crippen LogP contribution in [-0.2, 0) is 9.47 Å². The zero-order valence-electron chi connectivity index (χ0n) is 9.29. The lowest BCUT2D eigenvalue weighted by Crippen LogP contribution is -2.46. The first-order valence-corrected chi connectivity index (χ1v) is 5.35. The zero-order chi connectivity index (χ0) is 11.1. The first kappa shape index (κ1) is 12.1. The summed E-state index contributed by atoms with van der Waals surface area (Å²) < 4.78 is 11.3. The number of ether oxygens (including phenoxy) is 2. The largest absolute Gasteiger partial charge is 0.363 e. The summed E-state index contributed by atoms with van der Waals surface area (Å²) in [4.78, 5) is 0. The van der Waals surface area contributed by atoms with E-state index in [0.29, 0.717) is 13.2 Å². The van der Waals surface area contributed by atoms with Crippen LogP contribution in [-0.4, -0.2) is 24.9 Å². The van der Waals surface area contributed by atoms with Gasteiger partial charge in [-0.1, -0.05) is 24.7 Å². The molecule has 1 aliphatic carbocycles. The van der Waals surface area contributed by atoms with Gasteiger partial charge in [0.1, 0.15) is 13.2 Å². The number of terminal acetylenes is 2. The van der Waals surface area contributed by atoms with Crippen LogP contribution in [0.15, 0.2) is 0 Å². The van der Waals surface area contributed by atoms with Gasteiger partial charge in [0, 0.05) is 0 Å². The molecule has 0 N–H and O–H groups in total. The molecule has 1 fully saturated rings. The van der Waals surface area contributed by atoms with E-state index in [9.17, 15) is 0 Å². The monoisotopic (exact) mass is 206 g/mol. The van der Waals surface area contributed by atoms with Gasteiger partial charge in [-0.25, -0.2) is 0 Å². The minimum atomic E-state index is -0.262. The van der Waals surface area contributed by atoms with Crippen molar-refractivity contribution in [3.63, 3.8) is 0 Å². The Morgan fingerprint density at radius 1 is 1.27 bits per heavy atom. The molecule has 0 saturated heterocycles. The zero-order valence-corrected chi connectivity index (χ0v) is 9.29. The first-order chi connectivity index (χ1) is 7.23. The lowest BCUT2D eigenvalue weighted by Gasteiger charge is -2.40. The topological polar surface area (TPSA) is 18.5 Å². The van der Waals surface area contributed by atoms with Gasteiger partial charge < -0.3 is 9.47 Å². The van der Waals surface area contributed by atoms with Crippen molar-refractivity contribution in [1.29, 1.82) is 0 Å². The molecule has 2 atom stereocenters. The average molecular weight is 206 g/mol. The van der Waals surface area contributed by atoms with Crippen molar-refractivity contribution in [3.05, 3.63) is 0 Å². The molecule has 0 bridgehead atoms. The second-order valence-corrected chi connectivity index (χ2v) is 4.06. The quantitative estimate of drug-likeness (QED) is 0.655. The predicted octanol–water partition coefficient (Wildman–Crippen LogP) is 1.99. The maximum absolute atomic E-state index is 5.70. The molecule has 0 aliphatic heterocycles. The Morgan fingerprint density at radius 3 is 2.67 bits per heavy atom. The molecule has 2 nitrogen and oxygen atoms in total. The van der Waals surface area contributed by atoms with E-state index >= 15 is 0 Å². The summed E-state index contributed by atoms with van der Waals surface area (Å²) in [6.45, 7) is 2.75. The van der Waals surface area contributed by atoms with Crippen LogP contribution in [0.4, 0.5) is 0 Å². The molecular weight excluding hydrogens is 188 g/mol.